The molecule has 1 amide bonds. The molecule has 22 heavy (non-hydrogen) atoms. The van der Waals surface area contributed by atoms with Gasteiger partial charge in [-0.3, -0.25) is 9.89 Å². The molecule has 2 heterocycles. The predicted octanol–water partition coefficient (Wildman–Crippen LogP) is 1.34. The van der Waals surface area contributed by atoms with Crippen molar-refractivity contribution in [3.8, 4) is 0 Å². The Morgan fingerprint density at radius 1 is 1.41 bits per heavy atom. The summed E-state index contributed by atoms with van der Waals surface area (Å²) in [5.74, 6) is 0.0383. The minimum absolute atomic E-state index is 0.0393. The topological polar surface area (TPSA) is 87.2 Å². The lowest BCUT2D eigenvalue weighted by Gasteiger charge is -2.11. The molecule has 3 N–H and O–H groups in total. The average molecular weight is 301 g/mol. The Hall–Kier alpha value is -2.18. The van der Waals surface area contributed by atoms with E-state index in [0.29, 0.717) is 25.3 Å². The van der Waals surface area contributed by atoms with Crippen molar-refractivity contribution in [3.05, 3.63) is 52.8 Å². The SMILES string of the molecule is O=C(NCc1ccccc1CO)c1cn[nH]c1C1CCOC1. The van der Waals surface area contributed by atoms with Gasteiger partial charge >= 0.3 is 0 Å². The molecule has 0 bridgehead atoms. The number of hydrogen-bond donors (Lipinski definition) is 3. The fourth-order valence-electron chi connectivity index (χ4n) is 2.71. The molecule has 1 fully saturated rings. The fraction of sp³-hybridized carbons (Fsp3) is 0.375. The molecule has 1 unspecified atom stereocenters. The summed E-state index contributed by atoms with van der Waals surface area (Å²) in [4.78, 5) is 12.4. The normalized spacial score (nSPS) is 17.6. The number of aromatic amines is 1. The van der Waals surface area contributed by atoms with E-state index in [9.17, 15) is 9.90 Å². The van der Waals surface area contributed by atoms with E-state index in [1.165, 1.54) is 0 Å². The van der Waals surface area contributed by atoms with Gasteiger partial charge in [-0.05, 0) is 17.5 Å². The number of carbonyl (C=O) groups is 1. The van der Waals surface area contributed by atoms with Crippen LogP contribution in [0.2, 0.25) is 0 Å². The van der Waals surface area contributed by atoms with Crippen molar-refractivity contribution in [2.45, 2.75) is 25.5 Å². The van der Waals surface area contributed by atoms with Crippen molar-refractivity contribution in [2.24, 2.45) is 0 Å². The number of amides is 1. The van der Waals surface area contributed by atoms with Gasteiger partial charge in [0.2, 0.25) is 0 Å². The molecule has 116 valence electrons. The molecule has 0 spiro atoms. The molecule has 1 aromatic heterocycles. The number of rotatable bonds is 5. The molecule has 2 aromatic rings. The van der Waals surface area contributed by atoms with Crippen molar-refractivity contribution in [2.75, 3.05) is 13.2 Å². The summed E-state index contributed by atoms with van der Waals surface area (Å²) in [5, 5.41) is 19.1. The van der Waals surface area contributed by atoms with Crippen molar-refractivity contribution in [1.29, 1.82) is 0 Å². The Morgan fingerprint density at radius 3 is 2.95 bits per heavy atom. The molecular formula is C16H19N3O3. The lowest BCUT2D eigenvalue weighted by molar-refractivity contribution is 0.0949. The minimum atomic E-state index is -0.164. The third-order valence-electron chi connectivity index (χ3n) is 3.98. The van der Waals surface area contributed by atoms with Crippen LogP contribution in [0.4, 0.5) is 0 Å². The van der Waals surface area contributed by atoms with Crippen LogP contribution < -0.4 is 5.32 Å². The maximum atomic E-state index is 12.4. The fourth-order valence-corrected chi connectivity index (χ4v) is 2.71. The molecule has 6 heteroatoms. The highest BCUT2D eigenvalue weighted by atomic mass is 16.5. The van der Waals surface area contributed by atoms with Crippen molar-refractivity contribution >= 4 is 5.91 Å². The van der Waals surface area contributed by atoms with E-state index in [4.69, 9.17) is 4.74 Å². The van der Waals surface area contributed by atoms with Crippen LogP contribution in [0.1, 0.15) is 39.5 Å². The monoisotopic (exact) mass is 301 g/mol. The first-order valence-electron chi connectivity index (χ1n) is 7.36. The van der Waals surface area contributed by atoms with E-state index in [2.05, 4.69) is 15.5 Å². The van der Waals surface area contributed by atoms with E-state index in [-0.39, 0.29) is 18.4 Å². The van der Waals surface area contributed by atoms with Gasteiger partial charge in [0.15, 0.2) is 0 Å². The van der Waals surface area contributed by atoms with E-state index < -0.39 is 0 Å². The third-order valence-corrected chi connectivity index (χ3v) is 3.98. The summed E-state index contributed by atoms with van der Waals surface area (Å²) >= 11 is 0. The van der Waals surface area contributed by atoms with Crippen LogP contribution in [0.25, 0.3) is 0 Å². The summed E-state index contributed by atoms with van der Waals surface area (Å²) < 4.78 is 5.37. The Balaban J connectivity index is 1.69. The van der Waals surface area contributed by atoms with Gasteiger partial charge in [-0.2, -0.15) is 5.10 Å². The quantitative estimate of drug-likeness (QED) is 0.777. The van der Waals surface area contributed by atoms with Crippen LogP contribution in [0.5, 0.6) is 0 Å². The molecule has 6 nitrogen and oxygen atoms in total. The van der Waals surface area contributed by atoms with E-state index in [1.54, 1.807) is 6.20 Å². The zero-order valence-electron chi connectivity index (χ0n) is 12.2. The number of nitrogens with one attached hydrogen (secondary N) is 2. The van der Waals surface area contributed by atoms with Gasteiger partial charge in [-0.15, -0.1) is 0 Å². The summed E-state index contributed by atoms with van der Waals surface area (Å²) in [6.07, 6.45) is 2.46. The van der Waals surface area contributed by atoms with E-state index >= 15 is 0 Å². The van der Waals surface area contributed by atoms with Gasteiger partial charge in [0, 0.05) is 19.1 Å². The molecule has 3 rings (SSSR count). The first-order valence-corrected chi connectivity index (χ1v) is 7.36. The number of benzene rings is 1. The highest BCUT2D eigenvalue weighted by Crippen LogP contribution is 2.26. The van der Waals surface area contributed by atoms with Crippen LogP contribution >= 0.6 is 0 Å². The summed E-state index contributed by atoms with van der Waals surface area (Å²) in [6, 6.07) is 7.50. The zero-order valence-corrected chi connectivity index (χ0v) is 12.2. The lowest BCUT2D eigenvalue weighted by atomic mass is 10.0. The predicted molar refractivity (Wildman–Crippen MR) is 80.3 cm³/mol. The Morgan fingerprint density at radius 2 is 2.23 bits per heavy atom. The van der Waals surface area contributed by atoms with Crippen molar-refractivity contribution < 1.29 is 14.6 Å². The lowest BCUT2D eigenvalue weighted by Crippen LogP contribution is -2.24. The maximum absolute atomic E-state index is 12.4. The number of aliphatic hydroxyl groups is 1. The van der Waals surface area contributed by atoms with Gasteiger partial charge in [-0.25, -0.2) is 0 Å². The van der Waals surface area contributed by atoms with Crippen molar-refractivity contribution in [3.63, 3.8) is 0 Å². The minimum Gasteiger partial charge on any atom is -0.392 e. The molecule has 1 atom stereocenters. The molecule has 1 aliphatic heterocycles. The van der Waals surface area contributed by atoms with Crippen molar-refractivity contribution in [1.82, 2.24) is 15.5 Å². The molecule has 0 aliphatic carbocycles. The second-order valence-electron chi connectivity index (χ2n) is 5.37. The molecular weight excluding hydrogens is 282 g/mol. The number of carbonyl (C=O) groups excluding carboxylic acids is 1. The van der Waals surface area contributed by atoms with Gasteiger partial charge in [-0.1, -0.05) is 24.3 Å². The molecule has 1 saturated heterocycles. The van der Waals surface area contributed by atoms with Gasteiger partial charge < -0.3 is 15.2 Å². The number of hydrogen-bond acceptors (Lipinski definition) is 4. The molecule has 1 aromatic carbocycles. The average Bonchev–Trinajstić information content (AvgIpc) is 3.23. The summed E-state index contributed by atoms with van der Waals surface area (Å²) in [5.41, 5.74) is 3.13. The van der Waals surface area contributed by atoms with Gasteiger partial charge in [0.05, 0.1) is 30.7 Å². The second kappa shape index (κ2) is 6.72. The van der Waals surface area contributed by atoms with Gasteiger partial charge in [0.1, 0.15) is 0 Å². The van der Waals surface area contributed by atoms with Gasteiger partial charge in [0.25, 0.3) is 5.91 Å². The first-order chi connectivity index (χ1) is 10.8. The third kappa shape index (κ3) is 3.03. The summed E-state index contributed by atoms with van der Waals surface area (Å²) in [6.45, 7) is 1.67. The highest BCUT2D eigenvalue weighted by Gasteiger charge is 2.25. The number of aliphatic hydroxyl groups excluding tert-OH is 1. The smallest absolute Gasteiger partial charge is 0.255 e. The van der Waals surface area contributed by atoms with E-state index in [0.717, 1.165) is 23.2 Å². The number of aromatic nitrogens is 2. The van der Waals surface area contributed by atoms with Crippen LogP contribution in [0, 0.1) is 0 Å². The zero-order chi connectivity index (χ0) is 15.4. The number of ether oxygens (including phenoxy) is 1. The highest BCUT2D eigenvalue weighted by molar-refractivity contribution is 5.95. The van der Waals surface area contributed by atoms with Crippen LogP contribution in [-0.2, 0) is 17.9 Å². The number of nitrogens with zero attached hydrogens (tertiary/aromatic N) is 1. The van der Waals surface area contributed by atoms with E-state index in [1.807, 2.05) is 24.3 Å². The molecule has 0 saturated carbocycles. The molecule has 1 aliphatic rings. The standard InChI is InChI=1S/C16H19N3O3/c20-9-12-4-2-1-3-11(12)7-17-16(21)14-8-18-19-15(14)13-5-6-22-10-13/h1-4,8,13,20H,5-7,9-10H2,(H,17,21)(H,18,19). The van der Waals surface area contributed by atoms with Crippen LogP contribution in [0.15, 0.2) is 30.5 Å². The molecule has 0 radical (unpaired) electrons. The Bertz CT molecular complexity index is 648. The number of H-pyrrole nitrogens is 1. The Labute approximate surface area is 128 Å². The maximum Gasteiger partial charge on any atom is 0.255 e. The summed E-state index contributed by atoms with van der Waals surface area (Å²) in [7, 11) is 0. The largest absolute Gasteiger partial charge is 0.392 e. The van der Waals surface area contributed by atoms with Crippen LogP contribution in [-0.4, -0.2) is 34.4 Å². The first kappa shape index (κ1) is 14.7. The Kier molecular flexibility index (Phi) is 4.50. The second-order valence-corrected chi connectivity index (χ2v) is 5.37. The van der Waals surface area contributed by atoms with Crippen LogP contribution in [0.3, 0.4) is 0 Å².